The van der Waals surface area contributed by atoms with E-state index in [1.165, 1.54) is 23.5 Å². The van der Waals surface area contributed by atoms with E-state index in [1.807, 2.05) is 12.3 Å². The molecule has 0 spiro atoms. The Kier molecular flexibility index (Phi) is 3.78. The van der Waals surface area contributed by atoms with Crippen molar-refractivity contribution >= 4 is 27.9 Å². The lowest BCUT2D eigenvalue weighted by Crippen LogP contribution is -2.21. The third-order valence-corrected chi connectivity index (χ3v) is 4.37. The average Bonchev–Trinajstić information content (AvgIpc) is 2.88. The number of alkyl halides is 1. The molecule has 2 aromatic heterocycles. The highest BCUT2D eigenvalue weighted by Gasteiger charge is 2.14. The molecule has 0 saturated heterocycles. The Morgan fingerprint density at radius 3 is 2.71 bits per heavy atom. The van der Waals surface area contributed by atoms with Crippen molar-refractivity contribution in [2.45, 2.75) is 13.3 Å². The number of hydrogen-bond acceptors (Lipinski definition) is 3. The van der Waals surface area contributed by atoms with E-state index in [4.69, 9.17) is 11.6 Å². The SMILES string of the molecule is Cc1nc2scc(-c3ccc(F)cc3)n2c(=O)c1CCCl. The Bertz CT molecular complexity index is 854. The van der Waals surface area contributed by atoms with Crippen molar-refractivity contribution in [2.75, 3.05) is 5.88 Å². The smallest absolute Gasteiger partial charge is 0.262 e. The van der Waals surface area contributed by atoms with Crippen molar-refractivity contribution in [1.29, 1.82) is 0 Å². The molecular weight excluding hydrogens is 311 g/mol. The summed E-state index contributed by atoms with van der Waals surface area (Å²) in [6.45, 7) is 1.82. The first-order valence-electron chi connectivity index (χ1n) is 6.43. The lowest BCUT2D eigenvalue weighted by Gasteiger charge is -2.06. The minimum atomic E-state index is -0.303. The van der Waals surface area contributed by atoms with Gasteiger partial charge in [0.25, 0.3) is 5.56 Å². The molecule has 6 heteroatoms. The Labute approximate surface area is 129 Å². The highest BCUT2D eigenvalue weighted by atomic mass is 35.5. The monoisotopic (exact) mass is 322 g/mol. The van der Waals surface area contributed by atoms with E-state index in [0.29, 0.717) is 28.5 Å². The number of fused-ring (bicyclic) bond motifs is 1. The third-order valence-electron chi connectivity index (χ3n) is 3.35. The van der Waals surface area contributed by atoms with Crippen molar-refractivity contribution < 1.29 is 4.39 Å². The highest BCUT2D eigenvalue weighted by molar-refractivity contribution is 7.15. The second-order valence-electron chi connectivity index (χ2n) is 4.67. The number of rotatable bonds is 3. The van der Waals surface area contributed by atoms with Gasteiger partial charge in [0.1, 0.15) is 5.82 Å². The fraction of sp³-hybridized carbons (Fsp3) is 0.200. The van der Waals surface area contributed by atoms with E-state index in [2.05, 4.69) is 4.98 Å². The quantitative estimate of drug-likeness (QED) is 0.690. The van der Waals surface area contributed by atoms with E-state index in [-0.39, 0.29) is 11.4 Å². The van der Waals surface area contributed by atoms with Crippen molar-refractivity contribution in [2.24, 2.45) is 0 Å². The first kappa shape index (κ1) is 14.2. The average molecular weight is 323 g/mol. The van der Waals surface area contributed by atoms with Crippen LogP contribution in [0.5, 0.6) is 0 Å². The maximum Gasteiger partial charge on any atom is 0.262 e. The molecule has 0 amide bonds. The predicted molar refractivity (Wildman–Crippen MR) is 83.9 cm³/mol. The summed E-state index contributed by atoms with van der Waals surface area (Å²) < 4.78 is 14.6. The lowest BCUT2D eigenvalue weighted by atomic mass is 10.1. The van der Waals surface area contributed by atoms with E-state index in [0.717, 1.165) is 11.3 Å². The summed E-state index contributed by atoms with van der Waals surface area (Å²) in [5.41, 5.74) is 2.76. The lowest BCUT2D eigenvalue weighted by molar-refractivity contribution is 0.628. The van der Waals surface area contributed by atoms with Gasteiger partial charge < -0.3 is 0 Å². The standard InChI is InChI=1S/C15H12ClFN2OS/c1-9-12(6-7-16)14(20)19-13(8-21-15(19)18-9)10-2-4-11(17)5-3-10/h2-5,8H,6-7H2,1H3. The topological polar surface area (TPSA) is 34.4 Å². The van der Waals surface area contributed by atoms with Crippen LogP contribution >= 0.6 is 22.9 Å². The van der Waals surface area contributed by atoms with Gasteiger partial charge in [-0.3, -0.25) is 9.20 Å². The Balaban J connectivity index is 2.28. The summed E-state index contributed by atoms with van der Waals surface area (Å²) in [7, 11) is 0. The molecule has 0 atom stereocenters. The van der Waals surface area contributed by atoms with Crippen molar-refractivity contribution in [3.8, 4) is 11.3 Å². The van der Waals surface area contributed by atoms with Crippen LogP contribution < -0.4 is 5.56 Å². The fourth-order valence-electron chi connectivity index (χ4n) is 2.29. The Morgan fingerprint density at radius 2 is 2.05 bits per heavy atom. The summed E-state index contributed by atoms with van der Waals surface area (Å²) in [6.07, 6.45) is 0.487. The van der Waals surface area contributed by atoms with E-state index < -0.39 is 0 Å². The third kappa shape index (κ3) is 2.47. The highest BCUT2D eigenvalue weighted by Crippen LogP contribution is 2.24. The summed E-state index contributed by atoms with van der Waals surface area (Å²) in [5.74, 6) is 0.0715. The number of thiazole rings is 1. The molecule has 0 N–H and O–H groups in total. The molecule has 21 heavy (non-hydrogen) atoms. The second-order valence-corrected chi connectivity index (χ2v) is 5.88. The van der Waals surface area contributed by atoms with E-state index in [9.17, 15) is 9.18 Å². The number of benzene rings is 1. The van der Waals surface area contributed by atoms with Crippen LogP contribution in [-0.2, 0) is 6.42 Å². The van der Waals surface area contributed by atoms with Crippen LogP contribution in [0.4, 0.5) is 4.39 Å². The Hall–Kier alpha value is -1.72. The number of aryl methyl sites for hydroxylation is 1. The van der Waals surface area contributed by atoms with Crippen LogP contribution in [0.15, 0.2) is 34.4 Å². The minimum Gasteiger partial charge on any atom is -0.269 e. The number of aromatic nitrogens is 2. The molecule has 3 nitrogen and oxygen atoms in total. The summed E-state index contributed by atoms with van der Waals surface area (Å²) in [6, 6.07) is 6.07. The number of hydrogen-bond donors (Lipinski definition) is 0. The molecular formula is C15H12ClFN2OS. The van der Waals surface area contributed by atoms with E-state index >= 15 is 0 Å². The summed E-state index contributed by atoms with van der Waals surface area (Å²) >= 11 is 7.16. The van der Waals surface area contributed by atoms with Crippen LogP contribution in [0.2, 0.25) is 0 Å². The minimum absolute atomic E-state index is 0.0984. The van der Waals surface area contributed by atoms with Crippen LogP contribution in [0, 0.1) is 12.7 Å². The molecule has 0 saturated carbocycles. The van der Waals surface area contributed by atoms with Crippen LogP contribution in [-0.4, -0.2) is 15.3 Å². The zero-order chi connectivity index (χ0) is 15.0. The van der Waals surface area contributed by atoms with Crippen LogP contribution in [0.3, 0.4) is 0 Å². The van der Waals surface area contributed by atoms with Gasteiger partial charge in [-0.25, -0.2) is 9.37 Å². The summed E-state index contributed by atoms with van der Waals surface area (Å²) in [5, 5.41) is 1.86. The first-order chi connectivity index (χ1) is 10.1. The number of nitrogens with zero attached hydrogens (tertiary/aromatic N) is 2. The van der Waals surface area contributed by atoms with Crippen molar-refractivity contribution in [1.82, 2.24) is 9.38 Å². The molecule has 2 heterocycles. The first-order valence-corrected chi connectivity index (χ1v) is 7.85. The van der Waals surface area contributed by atoms with Gasteiger partial charge in [0.15, 0.2) is 4.96 Å². The van der Waals surface area contributed by atoms with Gasteiger partial charge in [-0.15, -0.1) is 22.9 Å². The van der Waals surface area contributed by atoms with Gasteiger partial charge in [0.2, 0.25) is 0 Å². The van der Waals surface area contributed by atoms with Gasteiger partial charge in [-0.05, 0) is 43.2 Å². The van der Waals surface area contributed by atoms with Crippen LogP contribution in [0.25, 0.3) is 16.2 Å². The van der Waals surface area contributed by atoms with Crippen LogP contribution in [0.1, 0.15) is 11.3 Å². The van der Waals surface area contributed by atoms with Gasteiger partial charge in [-0.2, -0.15) is 0 Å². The van der Waals surface area contributed by atoms with Gasteiger partial charge in [0.05, 0.1) is 5.69 Å². The molecule has 0 aliphatic rings. The molecule has 3 rings (SSSR count). The van der Waals surface area contributed by atoms with Gasteiger partial charge in [-0.1, -0.05) is 0 Å². The van der Waals surface area contributed by atoms with Gasteiger partial charge in [0, 0.05) is 22.5 Å². The molecule has 0 bridgehead atoms. The maximum absolute atomic E-state index is 13.0. The molecule has 0 unspecified atom stereocenters. The zero-order valence-corrected chi connectivity index (χ0v) is 12.8. The van der Waals surface area contributed by atoms with E-state index in [1.54, 1.807) is 16.5 Å². The molecule has 0 fully saturated rings. The van der Waals surface area contributed by atoms with Crippen molar-refractivity contribution in [3.63, 3.8) is 0 Å². The molecule has 1 aromatic carbocycles. The molecule has 108 valence electrons. The maximum atomic E-state index is 13.0. The largest absolute Gasteiger partial charge is 0.269 e. The molecule has 0 aliphatic carbocycles. The second kappa shape index (κ2) is 5.58. The Morgan fingerprint density at radius 1 is 1.33 bits per heavy atom. The molecule has 0 radical (unpaired) electrons. The normalized spacial score (nSPS) is 11.2. The van der Waals surface area contributed by atoms with Crippen molar-refractivity contribution in [3.05, 3.63) is 57.1 Å². The molecule has 3 aromatic rings. The number of halogens is 2. The zero-order valence-electron chi connectivity index (χ0n) is 11.3. The fourth-order valence-corrected chi connectivity index (χ4v) is 3.41. The summed E-state index contributed by atoms with van der Waals surface area (Å²) in [4.78, 5) is 17.8. The molecule has 0 aliphatic heterocycles. The predicted octanol–water partition coefficient (Wildman–Crippen LogP) is 3.65. The van der Waals surface area contributed by atoms with Gasteiger partial charge >= 0.3 is 0 Å².